The molecule has 2 unspecified atom stereocenters. The summed E-state index contributed by atoms with van der Waals surface area (Å²) >= 11 is 0. The maximum absolute atomic E-state index is 12.6. The van der Waals surface area contributed by atoms with Crippen molar-refractivity contribution < 1.29 is 14.9 Å². The molecule has 0 aliphatic carbocycles. The molecular formula is C26H24N2O3. The van der Waals surface area contributed by atoms with E-state index < -0.39 is 0 Å². The molecule has 0 aromatic heterocycles. The zero-order valence-electron chi connectivity index (χ0n) is 17.5. The largest absolute Gasteiger partial charge is 0.623 e. The molecule has 0 amide bonds. The number of benzene rings is 4. The van der Waals surface area contributed by atoms with Crippen LogP contribution in [0.25, 0.3) is 0 Å². The Bertz CT molecular complexity index is 1030. The molecule has 0 spiro atoms. The molecular weight excluding hydrogens is 388 g/mol. The van der Waals surface area contributed by atoms with E-state index in [4.69, 9.17) is 4.74 Å². The van der Waals surface area contributed by atoms with E-state index in [0.717, 1.165) is 11.1 Å². The van der Waals surface area contributed by atoms with E-state index in [0.29, 0.717) is 34.2 Å². The van der Waals surface area contributed by atoms with Gasteiger partial charge >= 0.3 is 0 Å². The van der Waals surface area contributed by atoms with Gasteiger partial charge in [-0.25, -0.2) is 0 Å². The molecule has 5 heteroatoms. The van der Waals surface area contributed by atoms with Crippen molar-refractivity contribution in [2.24, 2.45) is 0 Å². The van der Waals surface area contributed by atoms with Crippen LogP contribution in [0.15, 0.2) is 97.1 Å². The summed E-state index contributed by atoms with van der Waals surface area (Å²) in [6, 6.07) is 29.2. The molecule has 4 aromatic rings. The van der Waals surface area contributed by atoms with Crippen LogP contribution in [0.4, 0.5) is 22.7 Å². The van der Waals surface area contributed by atoms with Gasteiger partial charge < -0.3 is 25.3 Å². The first kappa shape index (κ1) is 20.8. The quantitative estimate of drug-likeness (QED) is 0.448. The molecule has 0 saturated carbocycles. The number of ether oxygens (including phenoxy) is 1. The first-order chi connectivity index (χ1) is 15.0. The number of hydrogen-bond donors (Lipinski definition) is 2. The molecule has 2 atom stereocenters. The first-order valence-corrected chi connectivity index (χ1v) is 10.1. The summed E-state index contributed by atoms with van der Waals surface area (Å²) in [5, 5.41) is 25.1. The number of nitrogens with one attached hydrogen (secondary N) is 2. The van der Waals surface area contributed by atoms with Crippen molar-refractivity contribution in [1.82, 2.24) is 0 Å². The van der Waals surface area contributed by atoms with Gasteiger partial charge in [0.05, 0.1) is 0 Å². The van der Waals surface area contributed by atoms with Crippen LogP contribution in [0, 0.1) is 24.3 Å². The smallest absolute Gasteiger partial charge is 0.136 e. The molecule has 5 nitrogen and oxygen atoms in total. The minimum absolute atomic E-state index is 0.0227. The van der Waals surface area contributed by atoms with Gasteiger partial charge in [-0.05, 0) is 38.1 Å². The van der Waals surface area contributed by atoms with Crippen LogP contribution in [-0.4, -0.2) is 0 Å². The third-order valence-electron chi connectivity index (χ3n) is 5.10. The van der Waals surface area contributed by atoms with Crippen LogP contribution < -0.4 is 14.9 Å². The predicted octanol–water partition coefficient (Wildman–Crippen LogP) is 4.79. The monoisotopic (exact) mass is 412 g/mol. The molecule has 2 N–H and O–H groups in total. The Hall–Kier alpha value is -3.48. The highest BCUT2D eigenvalue weighted by molar-refractivity contribution is 5.45. The molecule has 0 aliphatic heterocycles. The van der Waals surface area contributed by atoms with E-state index in [-0.39, 0.29) is 10.1 Å². The second-order valence-electron chi connectivity index (χ2n) is 7.54. The summed E-state index contributed by atoms with van der Waals surface area (Å²) in [5.74, 6) is 1.25. The van der Waals surface area contributed by atoms with E-state index in [1.54, 1.807) is 48.5 Å². The Morgan fingerprint density at radius 3 is 1.00 bits per heavy atom. The Morgan fingerprint density at radius 2 is 0.710 bits per heavy atom. The highest BCUT2D eigenvalue weighted by atomic mass is 16.5. The van der Waals surface area contributed by atoms with E-state index in [1.165, 1.54) is 0 Å². The zero-order valence-corrected chi connectivity index (χ0v) is 17.5. The fourth-order valence-electron chi connectivity index (χ4n) is 3.23. The number of rotatable bonds is 6. The van der Waals surface area contributed by atoms with E-state index in [9.17, 15) is 10.4 Å². The topological polar surface area (TPSA) is 64.2 Å². The standard InChI is InChI=1S/C26H24N2O3/c1-19-3-7-21(8-4-19)27(29)23-11-15-25(16-12-23)31-26-17-13-24(14-18-26)28(30)22-9-5-20(2)6-10-22/h3-18,27-28H,1-2H3. The van der Waals surface area contributed by atoms with Crippen LogP contribution in [0.5, 0.6) is 11.5 Å². The van der Waals surface area contributed by atoms with Crippen LogP contribution >= 0.6 is 0 Å². The highest BCUT2D eigenvalue weighted by Crippen LogP contribution is 2.24. The van der Waals surface area contributed by atoms with Gasteiger partial charge in [-0.3, -0.25) is 0 Å². The second-order valence-corrected chi connectivity index (χ2v) is 7.54. The van der Waals surface area contributed by atoms with Gasteiger partial charge in [0.2, 0.25) is 0 Å². The summed E-state index contributed by atoms with van der Waals surface area (Å²) in [4.78, 5) is 0. The first-order valence-electron chi connectivity index (χ1n) is 10.1. The van der Waals surface area contributed by atoms with Crippen molar-refractivity contribution in [3.05, 3.63) is 119 Å². The normalized spacial score (nSPS) is 12.9. The molecule has 0 aliphatic rings. The number of aryl methyl sites for hydroxylation is 2. The van der Waals surface area contributed by atoms with E-state index in [1.807, 2.05) is 62.4 Å². The Balaban J connectivity index is 1.42. The minimum Gasteiger partial charge on any atom is -0.623 e. The molecule has 4 aromatic carbocycles. The van der Waals surface area contributed by atoms with Crippen molar-refractivity contribution in [2.75, 3.05) is 0 Å². The molecule has 0 radical (unpaired) electrons. The maximum atomic E-state index is 12.6. The van der Waals surface area contributed by atoms with Gasteiger partial charge in [-0.2, -0.15) is 0 Å². The molecule has 0 fully saturated rings. The summed E-state index contributed by atoms with van der Waals surface area (Å²) in [6.07, 6.45) is 0. The van der Waals surface area contributed by atoms with Gasteiger partial charge in [-0.1, -0.05) is 35.4 Å². The van der Waals surface area contributed by atoms with Gasteiger partial charge in [0.25, 0.3) is 0 Å². The lowest BCUT2D eigenvalue weighted by Crippen LogP contribution is -2.96. The third-order valence-corrected chi connectivity index (χ3v) is 5.10. The van der Waals surface area contributed by atoms with Crippen LogP contribution in [0.2, 0.25) is 0 Å². The van der Waals surface area contributed by atoms with Crippen LogP contribution in [0.3, 0.4) is 0 Å². The number of hydrogen-bond acceptors (Lipinski definition) is 3. The SMILES string of the molecule is Cc1ccc([NH+]([O-])c2ccc(Oc3ccc([NH+]([O-])c4ccc(C)cc4)cc3)cc2)cc1. The molecule has 4 rings (SSSR count). The van der Waals surface area contributed by atoms with Gasteiger partial charge in [0.15, 0.2) is 0 Å². The fourth-order valence-corrected chi connectivity index (χ4v) is 3.23. The van der Waals surface area contributed by atoms with Crippen LogP contribution in [-0.2, 0) is 0 Å². The summed E-state index contributed by atoms with van der Waals surface area (Å²) in [5.41, 5.74) is 4.77. The molecule has 156 valence electrons. The van der Waals surface area contributed by atoms with Crippen molar-refractivity contribution in [3.63, 3.8) is 0 Å². The van der Waals surface area contributed by atoms with Crippen LogP contribution in [0.1, 0.15) is 11.1 Å². The lowest BCUT2D eigenvalue weighted by Gasteiger charge is -2.22. The summed E-state index contributed by atoms with van der Waals surface area (Å²) in [6.45, 7) is 3.98. The fraction of sp³-hybridized carbons (Fsp3) is 0.0769. The van der Waals surface area contributed by atoms with Crippen molar-refractivity contribution in [1.29, 1.82) is 0 Å². The van der Waals surface area contributed by atoms with E-state index >= 15 is 0 Å². The third kappa shape index (κ3) is 4.99. The lowest BCUT2D eigenvalue weighted by molar-refractivity contribution is -0.698. The lowest BCUT2D eigenvalue weighted by atomic mass is 10.2. The zero-order chi connectivity index (χ0) is 21.8. The van der Waals surface area contributed by atoms with Gasteiger partial charge in [0, 0.05) is 48.5 Å². The second kappa shape index (κ2) is 9.12. The molecule has 0 heterocycles. The Morgan fingerprint density at radius 1 is 0.452 bits per heavy atom. The summed E-state index contributed by atoms with van der Waals surface area (Å²) in [7, 11) is 0. The predicted molar refractivity (Wildman–Crippen MR) is 123 cm³/mol. The van der Waals surface area contributed by atoms with Crippen molar-refractivity contribution >= 4 is 22.7 Å². The average Bonchev–Trinajstić information content (AvgIpc) is 2.80. The van der Waals surface area contributed by atoms with Gasteiger partial charge in [0.1, 0.15) is 34.2 Å². The summed E-state index contributed by atoms with van der Waals surface area (Å²) < 4.78 is 5.87. The van der Waals surface area contributed by atoms with Crippen molar-refractivity contribution in [3.8, 4) is 11.5 Å². The van der Waals surface area contributed by atoms with E-state index in [2.05, 4.69) is 0 Å². The minimum atomic E-state index is -0.0227. The van der Waals surface area contributed by atoms with Crippen molar-refractivity contribution in [2.45, 2.75) is 13.8 Å². The van der Waals surface area contributed by atoms with Gasteiger partial charge in [-0.15, -0.1) is 0 Å². The molecule has 0 saturated heterocycles. The molecule has 31 heavy (non-hydrogen) atoms. The maximum Gasteiger partial charge on any atom is 0.136 e. The Kier molecular flexibility index (Phi) is 6.11. The highest BCUT2D eigenvalue weighted by Gasteiger charge is 2.09. The Labute approximate surface area is 181 Å². The average molecular weight is 412 g/mol. The number of quaternary nitrogens is 2. The molecule has 0 bridgehead atoms.